The average Bonchev–Trinajstić information content (AvgIpc) is 3.11. The van der Waals surface area contributed by atoms with Gasteiger partial charge in [-0.1, -0.05) is 66.2 Å². The first-order valence-electron chi connectivity index (χ1n) is 9.48. The van der Waals surface area contributed by atoms with Crippen LogP contribution in [0.3, 0.4) is 0 Å². The molecule has 0 saturated carbocycles. The summed E-state index contributed by atoms with van der Waals surface area (Å²) in [6.07, 6.45) is 0.442. The number of rotatable bonds is 7. The van der Waals surface area contributed by atoms with E-state index < -0.39 is 0 Å². The monoisotopic (exact) mass is 394 g/mol. The molecular formula is C22H26N4OS. The van der Waals surface area contributed by atoms with Gasteiger partial charge in [-0.2, -0.15) is 0 Å². The Morgan fingerprint density at radius 1 is 1.11 bits per heavy atom. The van der Waals surface area contributed by atoms with Crippen LogP contribution in [0.25, 0.3) is 5.69 Å². The Bertz CT molecular complexity index is 949. The molecule has 0 saturated heterocycles. The molecule has 5 nitrogen and oxygen atoms in total. The topological polar surface area (TPSA) is 59.8 Å². The first-order chi connectivity index (χ1) is 13.5. The lowest BCUT2D eigenvalue weighted by molar-refractivity contribution is -0.121. The van der Waals surface area contributed by atoms with Gasteiger partial charge in [-0.25, -0.2) is 0 Å². The summed E-state index contributed by atoms with van der Waals surface area (Å²) >= 11 is 1.65. The summed E-state index contributed by atoms with van der Waals surface area (Å²) in [6, 6.07) is 16.5. The van der Waals surface area contributed by atoms with Crippen molar-refractivity contribution in [2.24, 2.45) is 0 Å². The molecule has 0 aliphatic carbocycles. The number of amides is 1. The van der Waals surface area contributed by atoms with Gasteiger partial charge in [-0.15, -0.1) is 10.2 Å². The van der Waals surface area contributed by atoms with Crippen LogP contribution in [0.4, 0.5) is 0 Å². The van der Waals surface area contributed by atoms with Crippen LogP contribution in [0.5, 0.6) is 0 Å². The second kappa shape index (κ2) is 9.06. The van der Waals surface area contributed by atoms with E-state index in [4.69, 9.17) is 0 Å². The van der Waals surface area contributed by atoms with Crippen molar-refractivity contribution in [2.45, 2.75) is 51.1 Å². The van der Waals surface area contributed by atoms with Gasteiger partial charge in [0, 0.05) is 17.9 Å². The van der Waals surface area contributed by atoms with E-state index in [-0.39, 0.29) is 11.9 Å². The molecule has 0 fully saturated rings. The molecule has 0 aliphatic heterocycles. The highest BCUT2D eigenvalue weighted by atomic mass is 32.2. The zero-order valence-corrected chi connectivity index (χ0v) is 17.6. The van der Waals surface area contributed by atoms with Crippen LogP contribution < -0.4 is 5.32 Å². The summed E-state index contributed by atoms with van der Waals surface area (Å²) in [5, 5.41) is 12.6. The van der Waals surface area contributed by atoms with E-state index in [9.17, 15) is 4.79 Å². The molecule has 0 radical (unpaired) electrons. The number of nitrogens with zero attached hydrogens (tertiary/aromatic N) is 3. The van der Waals surface area contributed by atoms with Gasteiger partial charge >= 0.3 is 0 Å². The van der Waals surface area contributed by atoms with Gasteiger partial charge in [-0.05, 0) is 38.5 Å². The zero-order chi connectivity index (χ0) is 20.1. The molecule has 28 heavy (non-hydrogen) atoms. The van der Waals surface area contributed by atoms with Crippen molar-refractivity contribution >= 4 is 17.7 Å². The molecular weight excluding hydrogens is 368 g/mol. The first-order valence-corrected chi connectivity index (χ1v) is 10.5. The molecule has 0 spiro atoms. The standard InChI is InChI=1S/C22H26N4OS/c1-5-20(27)23-17(4)21-24-25-22(26(21)19-11-9-15(2)10-12-19)28-14-18-8-6-7-16(3)13-18/h6-13,17H,5,14H2,1-4H3,(H,23,27). The summed E-state index contributed by atoms with van der Waals surface area (Å²) in [6.45, 7) is 7.95. The lowest BCUT2D eigenvalue weighted by atomic mass is 10.2. The lowest BCUT2D eigenvalue weighted by Gasteiger charge is -2.16. The van der Waals surface area contributed by atoms with E-state index in [1.54, 1.807) is 11.8 Å². The fourth-order valence-corrected chi connectivity index (χ4v) is 3.85. The number of nitrogens with one attached hydrogen (secondary N) is 1. The molecule has 1 aromatic heterocycles. The summed E-state index contributed by atoms with van der Waals surface area (Å²) in [7, 11) is 0. The Morgan fingerprint density at radius 3 is 2.54 bits per heavy atom. The fraction of sp³-hybridized carbons (Fsp3) is 0.318. The van der Waals surface area contributed by atoms with Crippen LogP contribution in [-0.4, -0.2) is 20.7 Å². The van der Waals surface area contributed by atoms with E-state index in [0.717, 1.165) is 22.4 Å². The molecule has 1 amide bonds. The molecule has 146 valence electrons. The van der Waals surface area contributed by atoms with Crippen molar-refractivity contribution in [3.8, 4) is 5.69 Å². The van der Waals surface area contributed by atoms with Crippen LogP contribution in [0.1, 0.15) is 48.8 Å². The third-order valence-corrected chi connectivity index (χ3v) is 5.49. The molecule has 1 heterocycles. The smallest absolute Gasteiger partial charge is 0.220 e. The van der Waals surface area contributed by atoms with Gasteiger partial charge in [0.1, 0.15) is 0 Å². The molecule has 3 rings (SSSR count). The van der Waals surface area contributed by atoms with E-state index in [2.05, 4.69) is 77.9 Å². The summed E-state index contributed by atoms with van der Waals surface area (Å²) in [5.41, 5.74) is 4.68. The minimum atomic E-state index is -0.227. The number of carbonyl (C=O) groups is 1. The van der Waals surface area contributed by atoms with Crippen LogP contribution >= 0.6 is 11.8 Å². The number of hydrogen-bond donors (Lipinski definition) is 1. The van der Waals surface area contributed by atoms with Gasteiger partial charge in [-0.3, -0.25) is 9.36 Å². The van der Waals surface area contributed by atoms with Crippen molar-refractivity contribution in [3.05, 3.63) is 71.0 Å². The van der Waals surface area contributed by atoms with Crippen molar-refractivity contribution < 1.29 is 4.79 Å². The minimum absolute atomic E-state index is 0.0000741. The second-order valence-electron chi connectivity index (χ2n) is 6.93. The Kier molecular flexibility index (Phi) is 6.52. The Hall–Kier alpha value is -2.60. The molecule has 1 unspecified atom stereocenters. The third-order valence-electron chi connectivity index (χ3n) is 4.49. The van der Waals surface area contributed by atoms with Crippen LogP contribution in [-0.2, 0) is 10.5 Å². The van der Waals surface area contributed by atoms with Crippen molar-refractivity contribution in [3.63, 3.8) is 0 Å². The lowest BCUT2D eigenvalue weighted by Crippen LogP contribution is -2.27. The van der Waals surface area contributed by atoms with E-state index in [1.165, 1.54) is 16.7 Å². The minimum Gasteiger partial charge on any atom is -0.346 e. The van der Waals surface area contributed by atoms with Crippen molar-refractivity contribution in [1.82, 2.24) is 20.1 Å². The Labute approximate surface area is 170 Å². The van der Waals surface area contributed by atoms with Crippen molar-refractivity contribution in [2.75, 3.05) is 0 Å². The predicted octanol–water partition coefficient (Wildman–Crippen LogP) is 4.76. The SMILES string of the molecule is CCC(=O)NC(C)c1nnc(SCc2cccc(C)c2)n1-c1ccc(C)cc1. The highest BCUT2D eigenvalue weighted by molar-refractivity contribution is 7.98. The summed E-state index contributed by atoms with van der Waals surface area (Å²) in [4.78, 5) is 11.9. The van der Waals surface area contributed by atoms with Crippen LogP contribution in [0, 0.1) is 13.8 Å². The normalized spacial score (nSPS) is 12.0. The Balaban J connectivity index is 1.92. The molecule has 1 N–H and O–H groups in total. The molecule has 2 aromatic carbocycles. The largest absolute Gasteiger partial charge is 0.346 e. The Morgan fingerprint density at radius 2 is 1.86 bits per heavy atom. The maximum atomic E-state index is 11.9. The molecule has 0 aliphatic rings. The van der Waals surface area contributed by atoms with Gasteiger partial charge < -0.3 is 5.32 Å². The molecule has 0 bridgehead atoms. The number of carbonyl (C=O) groups excluding carboxylic acids is 1. The van der Waals surface area contributed by atoms with E-state index in [0.29, 0.717) is 6.42 Å². The number of hydrogen-bond acceptors (Lipinski definition) is 4. The summed E-state index contributed by atoms with van der Waals surface area (Å²) in [5.74, 6) is 1.54. The van der Waals surface area contributed by atoms with Gasteiger partial charge in [0.25, 0.3) is 0 Å². The maximum absolute atomic E-state index is 11.9. The number of thioether (sulfide) groups is 1. The highest BCUT2D eigenvalue weighted by Crippen LogP contribution is 2.28. The average molecular weight is 395 g/mol. The number of aryl methyl sites for hydroxylation is 2. The predicted molar refractivity (Wildman–Crippen MR) is 114 cm³/mol. The zero-order valence-electron chi connectivity index (χ0n) is 16.8. The second-order valence-corrected chi connectivity index (χ2v) is 7.87. The molecule has 6 heteroatoms. The van der Waals surface area contributed by atoms with Crippen LogP contribution in [0.15, 0.2) is 53.7 Å². The molecule has 3 aromatic rings. The van der Waals surface area contributed by atoms with E-state index >= 15 is 0 Å². The fourth-order valence-electron chi connectivity index (χ4n) is 2.95. The quantitative estimate of drug-likeness (QED) is 0.587. The number of aromatic nitrogens is 3. The maximum Gasteiger partial charge on any atom is 0.220 e. The molecule has 1 atom stereocenters. The van der Waals surface area contributed by atoms with Crippen molar-refractivity contribution in [1.29, 1.82) is 0 Å². The van der Waals surface area contributed by atoms with E-state index in [1.807, 2.05) is 18.4 Å². The summed E-state index contributed by atoms with van der Waals surface area (Å²) < 4.78 is 2.04. The van der Waals surface area contributed by atoms with Gasteiger partial charge in [0.2, 0.25) is 5.91 Å². The van der Waals surface area contributed by atoms with Gasteiger partial charge in [0.15, 0.2) is 11.0 Å². The first kappa shape index (κ1) is 20.1. The number of benzene rings is 2. The van der Waals surface area contributed by atoms with Gasteiger partial charge in [0.05, 0.1) is 6.04 Å². The third kappa shape index (κ3) is 4.81. The highest BCUT2D eigenvalue weighted by Gasteiger charge is 2.20. The van der Waals surface area contributed by atoms with Crippen LogP contribution in [0.2, 0.25) is 0 Å².